The van der Waals surface area contributed by atoms with Gasteiger partial charge in [0.15, 0.2) is 0 Å². The maximum Gasteiger partial charge on any atom is 0.307 e. The van der Waals surface area contributed by atoms with Crippen LogP contribution in [0.4, 0.5) is 0 Å². The Morgan fingerprint density at radius 1 is 1.39 bits per heavy atom. The summed E-state index contributed by atoms with van der Waals surface area (Å²) in [6.45, 7) is 1.99. The first kappa shape index (κ1) is 13.8. The van der Waals surface area contributed by atoms with E-state index in [9.17, 15) is 18.3 Å². The van der Waals surface area contributed by atoms with Crippen LogP contribution in [-0.2, 0) is 14.8 Å². The highest BCUT2D eigenvalue weighted by Crippen LogP contribution is 2.37. The van der Waals surface area contributed by atoms with Crippen LogP contribution in [0.1, 0.15) is 32.6 Å². The molecule has 0 spiro atoms. The number of carboxylic acid groups (broad SMARTS) is 1. The summed E-state index contributed by atoms with van der Waals surface area (Å²) in [5.41, 5.74) is -0.926. The van der Waals surface area contributed by atoms with Gasteiger partial charge in [0, 0.05) is 13.1 Å². The van der Waals surface area contributed by atoms with Crippen LogP contribution in [0.3, 0.4) is 0 Å². The highest BCUT2D eigenvalue weighted by Gasteiger charge is 2.51. The standard InChI is InChI=1S/C11H19NO5S/c1-2-11(15)6-12(7-11)18(16,17)9-5-3-4-8(9)10(13)14/h8-9,15H,2-7H2,1H3,(H,13,14). The molecule has 0 amide bonds. The average Bonchev–Trinajstić information content (AvgIpc) is 2.74. The summed E-state index contributed by atoms with van der Waals surface area (Å²) >= 11 is 0. The maximum absolute atomic E-state index is 12.3. The van der Waals surface area contributed by atoms with E-state index in [1.807, 2.05) is 0 Å². The van der Waals surface area contributed by atoms with Gasteiger partial charge in [-0.25, -0.2) is 8.42 Å². The third kappa shape index (κ3) is 2.15. The minimum atomic E-state index is -3.58. The fraction of sp³-hybridized carbons (Fsp3) is 0.909. The number of hydrogen-bond acceptors (Lipinski definition) is 4. The Bertz CT molecular complexity index is 440. The second-order valence-electron chi connectivity index (χ2n) is 5.30. The fourth-order valence-electron chi connectivity index (χ4n) is 2.77. The second-order valence-corrected chi connectivity index (χ2v) is 7.46. The minimum absolute atomic E-state index is 0.0919. The summed E-state index contributed by atoms with van der Waals surface area (Å²) in [4.78, 5) is 11.0. The van der Waals surface area contributed by atoms with E-state index in [4.69, 9.17) is 5.11 Å². The lowest BCUT2D eigenvalue weighted by Crippen LogP contribution is -2.64. The van der Waals surface area contributed by atoms with Crippen molar-refractivity contribution < 1.29 is 23.4 Å². The lowest BCUT2D eigenvalue weighted by atomic mass is 9.94. The van der Waals surface area contributed by atoms with Crippen molar-refractivity contribution in [1.29, 1.82) is 0 Å². The van der Waals surface area contributed by atoms with Crippen LogP contribution in [0.2, 0.25) is 0 Å². The van der Waals surface area contributed by atoms with Crippen LogP contribution < -0.4 is 0 Å². The normalized spacial score (nSPS) is 32.1. The molecule has 1 heterocycles. The second kappa shape index (κ2) is 4.47. The molecule has 104 valence electrons. The van der Waals surface area contributed by atoms with Crippen molar-refractivity contribution in [1.82, 2.24) is 4.31 Å². The SMILES string of the molecule is CCC1(O)CN(S(=O)(=O)C2CCCC2C(=O)O)C1. The third-order valence-electron chi connectivity index (χ3n) is 4.11. The van der Waals surface area contributed by atoms with Crippen LogP contribution >= 0.6 is 0 Å². The monoisotopic (exact) mass is 277 g/mol. The number of hydrogen-bond donors (Lipinski definition) is 2. The number of sulfonamides is 1. The molecule has 0 aromatic heterocycles. The number of carboxylic acids is 1. The summed E-state index contributed by atoms with van der Waals surface area (Å²) in [5.74, 6) is -1.84. The van der Waals surface area contributed by atoms with Crippen molar-refractivity contribution in [2.75, 3.05) is 13.1 Å². The lowest BCUT2D eigenvalue weighted by molar-refractivity contribution is -0.141. The zero-order chi connectivity index (χ0) is 13.6. The van der Waals surface area contributed by atoms with Crippen LogP contribution in [0.5, 0.6) is 0 Å². The molecule has 7 heteroatoms. The quantitative estimate of drug-likeness (QED) is 0.755. The van der Waals surface area contributed by atoms with Gasteiger partial charge in [0.1, 0.15) is 0 Å². The number of rotatable bonds is 4. The fourth-order valence-corrected chi connectivity index (χ4v) is 5.13. The molecule has 2 aliphatic rings. The Labute approximate surface area is 107 Å². The topological polar surface area (TPSA) is 94.9 Å². The molecule has 0 bridgehead atoms. The van der Waals surface area contributed by atoms with Crippen molar-refractivity contribution in [2.45, 2.75) is 43.5 Å². The van der Waals surface area contributed by atoms with Crippen LogP contribution in [0.25, 0.3) is 0 Å². The minimum Gasteiger partial charge on any atom is -0.481 e. The first-order valence-corrected chi connectivity index (χ1v) is 7.74. The Balaban J connectivity index is 2.11. The lowest BCUT2D eigenvalue weighted by Gasteiger charge is -2.46. The summed E-state index contributed by atoms with van der Waals surface area (Å²) < 4.78 is 25.8. The molecule has 0 radical (unpaired) electrons. The molecular formula is C11H19NO5S. The van der Waals surface area contributed by atoms with Crippen LogP contribution in [-0.4, -0.2) is 52.8 Å². The van der Waals surface area contributed by atoms with Crippen molar-refractivity contribution >= 4 is 16.0 Å². The smallest absolute Gasteiger partial charge is 0.307 e. The Morgan fingerprint density at radius 2 is 2.00 bits per heavy atom. The molecule has 1 saturated carbocycles. The predicted octanol–water partition coefficient (Wildman–Crippen LogP) is 0.0262. The molecule has 2 N–H and O–H groups in total. The molecular weight excluding hydrogens is 258 g/mol. The number of β-amino-alcohol motifs (C(OH)–C–C–N with tert-alkyl or cyclic N) is 1. The van der Waals surface area contributed by atoms with Gasteiger partial charge in [-0.15, -0.1) is 0 Å². The molecule has 1 aliphatic carbocycles. The summed E-state index contributed by atoms with van der Waals surface area (Å²) in [6, 6.07) is 0. The van der Waals surface area contributed by atoms with Gasteiger partial charge >= 0.3 is 5.97 Å². The molecule has 0 aromatic carbocycles. The third-order valence-corrected chi connectivity index (χ3v) is 6.42. The van der Waals surface area contributed by atoms with E-state index in [1.54, 1.807) is 6.92 Å². The number of aliphatic hydroxyl groups is 1. The van der Waals surface area contributed by atoms with Gasteiger partial charge in [0.2, 0.25) is 10.0 Å². The van der Waals surface area contributed by atoms with E-state index in [2.05, 4.69) is 0 Å². The number of nitrogens with zero attached hydrogens (tertiary/aromatic N) is 1. The van der Waals surface area contributed by atoms with E-state index in [1.165, 1.54) is 4.31 Å². The maximum atomic E-state index is 12.3. The number of carbonyl (C=O) groups is 1. The van der Waals surface area contributed by atoms with Gasteiger partial charge in [0.25, 0.3) is 0 Å². The zero-order valence-electron chi connectivity index (χ0n) is 10.4. The van der Waals surface area contributed by atoms with Crippen molar-refractivity contribution in [3.63, 3.8) is 0 Å². The molecule has 2 unspecified atom stereocenters. The first-order chi connectivity index (χ1) is 8.30. The highest BCUT2D eigenvalue weighted by atomic mass is 32.2. The Kier molecular flexibility index (Phi) is 3.42. The van der Waals surface area contributed by atoms with E-state index in [-0.39, 0.29) is 13.1 Å². The summed E-state index contributed by atoms with van der Waals surface area (Å²) in [5, 5.41) is 18.1. The molecule has 1 saturated heterocycles. The predicted molar refractivity (Wildman–Crippen MR) is 64.5 cm³/mol. The van der Waals surface area contributed by atoms with Crippen LogP contribution in [0, 0.1) is 5.92 Å². The van der Waals surface area contributed by atoms with Gasteiger partial charge in [-0.05, 0) is 19.3 Å². The Hall–Kier alpha value is -0.660. The molecule has 18 heavy (non-hydrogen) atoms. The van der Waals surface area contributed by atoms with Crippen molar-refractivity contribution in [3.05, 3.63) is 0 Å². The first-order valence-electron chi connectivity index (χ1n) is 6.24. The summed E-state index contributed by atoms with van der Waals surface area (Å²) in [6.07, 6.45) is 1.96. The molecule has 0 aromatic rings. The van der Waals surface area contributed by atoms with Crippen molar-refractivity contribution in [3.8, 4) is 0 Å². The average molecular weight is 277 g/mol. The van der Waals surface area contributed by atoms with E-state index < -0.39 is 32.8 Å². The largest absolute Gasteiger partial charge is 0.481 e. The van der Waals surface area contributed by atoms with Gasteiger partial charge in [-0.3, -0.25) is 4.79 Å². The molecule has 1 aliphatic heterocycles. The highest BCUT2D eigenvalue weighted by molar-refractivity contribution is 7.89. The van der Waals surface area contributed by atoms with Gasteiger partial charge in [-0.1, -0.05) is 13.3 Å². The Morgan fingerprint density at radius 3 is 2.50 bits per heavy atom. The molecule has 2 fully saturated rings. The summed E-state index contributed by atoms with van der Waals surface area (Å²) in [7, 11) is -3.58. The molecule has 6 nitrogen and oxygen atoms in total. The van der Waals surface area contributed by atoms with Gasteiger partial charge < -0.3 is 10.2 Å². The zero-order valence-corrected chi connectivity index (χ0v) is 11.2. The van der Waals surface area contributed by atoms with E-state index in [0.29, 0.717) is 25.7 Å². The van der Waals surface area contributed by atoms with E-state index in [0.717, 1.165) is 0 Å². The van der Waals surface area contributed by atoms with Gasteiger partial charge in [0.05, 0.1) is 16.8 Å². The van der Waals surface area contributed by atoms with E-state index >= 15 is 0 Å². The van der Waals surface area contributed by atoms with Crippen LogP contribution in [0.15, 0.2) is 0 Å². The molecule has 2 rings (SSSR count). The van der Waals surface area contributed by atoms with Gasteiger partial charge in [-0.2, -0.15) is 4.31 Å². The number of aliphatic carboxylic acids is 1. The molecule has 2 atom stereocenters. The van der Waals surface area contributed by atoms with Crippen molar-refractivity contribution in [2.24, 2.45) is 5.92 Å².